The van der Waals surface area contributed by atoms with Gasteiger partial charge in [-0.25, -0.2) is 0 Å². The minimum atomic E-state index is 0.641. The molecular formula is C15H20N2O. The van der Waals surface area contributed by atoms with E-state index in [1.807, 2.05) is 0 Å². The summed E-state index contributed by atoms with van der Waals surface area (Å²) in [5, 5.41) is 8.52. The Bertz CT molecular complexity index is 437. The van der Waals surface area contributed by atoms with Crippen LogP contribution in [0.1, 0.15) is 30.4 Å². The quantitative estimate of drug-likeness (QED) is 0.747. The summed E-state index contributed by atoms with van der Waals surface area (Å²) >= 11 is 0. The standard InChI is InChI=1S/C15H20N2O/c1-17(9-3-2-8-16)12-13-6-7-15-14(11-13)5-4-10-18-15/h6-7,11H,2-5,9-10,12H2,1H3. The highest BCUT2D eigenvalue weighted by Gasteiger charge is 2.11. The van der Waals surface area contributed by atoms with E-state index < -0.39 is 0 Å². The number of nitriles is 1. The van der Waals surface area contributed by atoms with Gasteiger partial charge in [0.2, 0.25) is 0 Å². The lowest BCUT2D eigenvalue weighted by Crippen LogP contribution is -2.19. The predicted octanol–water partition coefficient (Wildman–Crippen LogP) is 2.75. The Labute approximate surface area is 109 Å². The molecule has 0 unspecified atom stereocenters. The number of nitrogens with zero attached hydrogens (tertiary/aromatic N) is 2. The molecule has 1 aliphatic rings. The second-order valence-electron chi connectivity index (χ2n) is 4.89. The van der Waals surface area contributed by atoms with E-state index in [-0.39, 0.29) is 0 Å². The van der Waals surface area contributed by atoms with Gasteiger partial charge in [-0.05, 0) is 50.0 Å². The maximum Gasteiger partial charge on any atom is 0.122 e. The molecule has 0 N–H and O–H groups in total. The van der Waals surface area contributed by atoms with Gasteiger partial charge < -0.3 is 9.64 Å². The molecule has 2 rings (SSSR count). The van der Waals surface area contributed by atoms with Gasteiger partial charge in [0.15, 0.2) is 0 Å². The van der Waals surface area contributed by atoms with Crippen molar-refractivity contribution in [3.05, 3.63) is 29.3 Å². The van der Waals surface area contributed by atoms with Crippen molar-refractivity contribution in [3.63, 3.8) is 0 Å². The lowest BCUT2D eigenvalue weighted by atomic mass is 10.0. The molecule has 0 aromatic heterocycles. The van der Waals surface area contributed by atoms with Crippen LogP contribution in [0.15, 0.2) is 18.2 Å². The fourth-order valence-electron chi connectivity index (χ4n) is 2.33. The molecule has 0 saturated heterocycles. The van der Waals surface area contributed by atoms with Gasteiger partial charge in [0, 0.05) is 13.0 Å². The molecule has 1 heterocycles. The van der Waals surface area contributed by atoms with Crippen LogP contribution in [-0.2, 0) is 13.0 Å². The summed E-state index contributed by atoms with van der Waals surface area (Å²) in [4.78, 5) is 2.27. The third kappa shape index (κ3) is 3.48. The van der Waals surface area contributed by atoms with Gasteiger partial charge in [-0.3, -0.25) is 0 Å². The predicted molar refractivity (Wildman–Crippen MR) is 71.4 cm³/mol. The minimum Gasteiger partial charge on any atom is -0.493 e. The molecule has 1 aromatic rings. The molecule has 0 aliphatic carbocycles. The number of rotatable bonds is 5. The summed E-state index contributed by atoms with van der Waals surface area (Å²) in [6.45, 7) is 2.76. The van der Waals surface area contributed by atoms with Gasteiger partial charge in [-0.15, -0.1) is 0 Å². The summed E-state index contributed by atoms with van der Waals surface area (Å²) in [6.07, 6.45) is 3.83. The highest BCUT2D eigenvalue weighted by atomic mass is 16.5. The van der Waals surface area contributed by atoms with Crippen molar-refractivity contribution < 1.29 is 4.74 Å². The lowest BCUT2D eigenvalue weighted by molar-refractivity contribution is 0.287. The largest absolute Gasteiger partial charge is 0.493 e. The van der Waals surface area contributed by atoms with E-state index >= 15 is 0 Å². The first-order valence-electron chi connectivity index (χ1n) is 6.59. The van der Waals surface area contributed by atoms with Crippen LogP contribution in [0.25, 0.3) is 0 Å². The smallest absolute Gasteiger partial charge is 0.122 e. The van der Waals surface area contributed by atoms with Crippen molar-refractivity contribution in [2.75, 3.05) is 20.2 Å². The SMILES string of the molecule is CN(CCCC#N)Cc1ccc2c(c1)CCCO2. The van der Waals surface area contributed by atoms with Crippen molar-refractivity contribution >= 4 is 0 Å². The van der Waals surface area contributed by atoms with Gasteiger partial charge in [0.05, 0.1) is 12.7 Å². The van der Waals surface area contributed by atoms with Crippen LogP contribution in [0.2, 0.25) is 0 Å². The van der Waals surface area contributed by atoms with Crippen molar-refractivity contribution in [3.8, 4) is 11.8 Å². The topological polar surface area (TPSA) is 36.3 Å². The van der Waals surface area contributed by atoms with Crippen LogP contribution in [0.4, 0.5) is 0 Å². The number of benzene rings is 1. The minimum absolute atomic E-state index is 0.641. The molecule has 0 atom stereocenters. The monoisotopic (exact) mass is 244 g/mol. The molecule has 0 spiro atoms. The van der Waals surface area contributed by atoms with Crippen LogP contribution < -0.4 is 4.74 Å². The lowest BCUT2D eigenvalue weighted by Gasteiger charge is -2.20. The van der Waals surface area contributed by atoms with Gasteiger partial charge in [0.25, 0.3) is 0 Å². The average molecular weight is 244 g/mol. The van der Waals surface area contributed by atoms with Crippen molar-refractivity contribution in [1.82, 2.24) is 4.90 Å². The Balaban J connectivity index is 1.91. The number of hydrogen-bond acceptors (Lipinski definition) is 3. The highest BCUT2D eigenvalue weighted by Crippen LogP contribution is 2.25. The molecule has 18 heavy (non-hydrogen) atoms. The Morgan fingerprint density at radius 1 is 1.44 bits per heavy atom. The fraction of sp³-hybridized carbons (Fsp3) is 0.533. The first kappa shape index (κ1) is 12.9. The zero-order valence-corrected chi connectivity index (χ0v) is 11.0. The molecule has 0 amide bonds. The molecule has 1 aliphatic heterocycles. The van der Waals surface area contributed by atoms with E-state index in [1.165, 1.54) is 11.1 Å². The third-order valence-corrected chi connectivity index (χ3v) is 3.25. The van der Waals surface area contributed by atoms with E-state index in [4.69, 9.17) is 10.00 Å². The van der Waals surface area contributed by atoms with Crippen molar-refractivity contribution in [1.29, 1.82) is 5.26 Å². The Kier molecular flexibility index (Phi) is 4.60. The summed E-state index contributed by atoms with van der Waals surface area (Å²) in [7, 11) is 2.10. The summed E-state index contributed by atoms with van der Waals surface area (Å²) < 4.78 is 5.61. The van der Waals surface area contributed by atoms with E-state index in [1.54, 1.807) is 0 Å². The summed E-state index contributed by atoms with van der Waals surface area (Å²) in [5.74, 6) is 1.05. The third-order valence-electron chi connectivity index (χ3n) is 3.25. The molecule has 0 radical (unpaired) electrons. The fourth-order valence-corrected chi connectivity index (χ4v) is 2.33. The molecule has 96 valence electrons. The zero-order valence-electron chi connectivity index (χ0n) is 11.0. The van der Waals surface area contributed by atoms with Crippen LogP contribution in [0, 0.1) is 11.3 Å². The van der Waals surface area contributed by atoms with Crippen LogP contribution >= 0.6 is 0 Å². The maximum absolute atomic E-state index is 8.52. The van der Waals surface area contributed by atoms with Gasteiger partial charge >= 0.3 is 0 Å². The van der Waals surface area contributed by atoms with Gasteiger partial charge in [0.1, 0.15) is 5.75 Å². The Morgan fingerprint density at radius 3 is 3.17 bits per heavy atom. The van der Waals surface area contributed by atoms with Crippen molar-refractivity contribution in [2.24, 2.45) is 0 Å². The molecule has 0 fully saturated rings. The van der Waals surface area contributed by atoms with E-state index in [9.17, 15) is 0 Å². The van der Waals surface area contributed by atoms with E-state index in [0.717, 1.165) is 44.7 Å². The molecule has 1 aromatic carbocycles. The van der Waals surface area contributed by atoms with Gasteiger partial charge in [-0.2, -0.15) is 5.26 Å². The molecule has 3 nitrogen and oxygen atoms in total. The number of unbranched alkanes of at least 4 members (excludes halogenated alkanes) is 1. The molecule has 3 heteroatoms. The summed E-state index contributed by atoms with van der Waals surface area (Å²) in [5.41, 5.74) is 2.67. The van der Waals surface area contributed by atoms with Crippen LogP contribution in [0.5, 0.6) is 5.75 Å². The van der Waals surface area contributed by atoms with E-state index in [0.29, 0.717) is 6.42 Å². The van der Waals surface area contributed by atoms with Crippen LogP contribution in [-0.4, -0.2) is 25.1 Å². The zero-order chi connectivity index (χ0) is 12.8. The van der Waals surface area contributed by atoms with E-state index in [2.05, 4.69) is 36.2 Å². The van der Waals surface area contributed by atoms with Gasteiger partial charge in [-0.1, -0.05) is 12.1 Å². The van der Waals surface area contributed by atoms with Crippen molar-refractivity contribution in [2.45, 2.75) is 32.2 Å². The first-order chi connectivity index (χ1) is 8.79. The van der Waals surface area contributed by atoms with Crippen LogP contribution in [0.3, 0.4) is 0 Å². The second kappa shape index (κ2) is 6.42. The number of fused-ring (bicyclic) bond motifs is 1. The average Bonchev–Trinajstić information content (AvgIpc) is 2.39. The normalized spacial score (nSPS) is 13.8. The Morgan fingerprint density at radius 2 is 2.33 bits per heavy atom. The highest BCUT2D eigenvalue weighted by molar-refractivity contribution is 5.38. The molecule has 0 bridgehead atoms. The molecular weight excluding hydrogens is 224 g/mol. The second-order valence-corrected chi connectivity index (χ2v) is 4.89. The molecule has 0 saturated carbocycles. The summed E-state index contributed by atoms with van der Waals surface area (Å²) in [6, 6.07) is 8.68. The maximum atomic E-state index is 8.52. The Hall–Kier alpha value is -1.53. The number of hydrogen-bond donors (Lipinski definition) is 0. The number of ether oxygens (including phenoxy) is 1. The first-order valence-corrected chi connectivity index (χ1v) is 6.59. The number of aryl methyl sites for hydroxylation is 1.